The number of Topliss-reactive ketones (excluding diaryl/α,β-unsaturated/α-hetero) is 1. The number of aliphatic hydroxyl groups excluding tert-OH is 1. The number of rotatable bonds is 7. The third-order valence-electron chi connectivity index (χ3n) is 2.37. The predicted octanol–water partition coefficient (Wildman–Crippen LogP) is 0.931. The minimum atomic E-state index is -1.01. The van der Waals surface area contributed by atoms with Crippen molar-refractivity contribution in [2.75, 3.05) is 13.2 Å². The number of hydrogen-bond donors (Lipinski definition) is 2. The van der Waals surface area contributed by atoms with Gasteiger partial charge in [-0.15, -0.1) is 0 Å². The molecular formula is C14H17NO4. The first-order valence-electron chi connectivity index (χ1n) is 5.90. The molecule has 0 aliphatic rings. The Balaban J connectivity index is 2.42. The maximum absolute atomic E-state index is 11.5. The molecule has 0 heterocycles. The van der Waals surface area contributed by atoms with E-state index in [-0.39, 0.29) is 11.7 Å². The van der Waals surface area contributed by atoms with Crippen molar-refractivity contribution in [3.05, 3.63) is 42.5 Å². The Hall–Kier alpha value is -2.14. The Morgan fingerprint density at radius 1 is 1.42 bits per heavy atom. The van der Waals surface area contributed by atoms with Gasteiger partial charge in [0, 0.05) is 5.56 Å². The van der Waals surface area contributed by atoms with Crippen molar-refractivity contribution < 1.29 is 19.4 Å². The van der Waals surface area contributed by atoms with E-state index in [0.29, 0.717) is 24.5 Å². The first kappa shape index (κ1) is 14.9. The molecule has 1 atom stereocenters. The SMILES string of the molecule is C=CC(=O)NCCOc1ccc(C(=O)C(C)O)cc1. The van der Waals surface area contributed by atoms with Gasteiger partial charge < -0.3 is 15.2 Å². The van der Waals surface area contributed by atoms with Gasteiger partial charge in [-0.2, -0.15) is 0 Å². The second kappa shape index (κ2) is 7.33. The number of ketones is 1. The fourth-order valence-electron chi connectivity index (χ4n) is 1.37. The lowest BCUT2D eigenvalue weighted by Gasteiger charge is -2.08. The summed E-state index contributed by atoms with van der Waals surface area (Å²) in [7, 11) is 0. The van der Waals surface area contributed by atoms with Crippen molar-refractivity contribution in [3.63, 3.8) is 0 Å². The predicted molar refractivity (Wildman–Crippen MR) is 71.2 cm³/mol. The second-order valence-electron chi connectivity index (χ2n) is 3.91. The molecule has 0 saturated heterocycles. The van der Waals surface area contributed by atoms with Crippen LogP contribution in [0.5, 0.6) is 5.75 Å². The quantitative estimate of drug-likeness (QED) is 0.436. The third kappa shape index (κ3) is 4.93. The molecule has 1 aromatic carbocycles. The Morgan fingerprint density at radius 3 is 2.58 bits per heavy atom. The van der Waals surface area contributed by atoms with E-state index in [1.807, 2.05) is 0 Å². The van der Waals surface area contributed by atoms with E-state index >= 15 is 0 Å². The minimum absolute atomic E-state index is 0.249. The van der Waals surface area contributed by atoms with Crippen molar-refractivity contribution >= 4 is 11.7 Å². The zero-order valence-corrected chi connectivity index (χ0v) is 10.8. The first-order valence-corrected chi connectivity index (χ1v) is 5.90. The standard InChI is InChI=1S/C14H17NO4/c1-3-13(17)15-8-9-19-12-6-4-11(5-7-12)14(18)10(2)16/h3-7,10,16H,1,8-9H2,2H3,(H,15,17). The molecule has 0 bridgehead atoms. The summed E-state index contributed by atoms with van der Waals surface area (Å²) >= 11 is 0. The number of carbonyl (C=O) groups is 2. The molecule has 102 valence electrons. The van der Waals surface area contributed by atoms with Crippen LogP contribution < -0.4 is 10.1 Å². The fraction of sp³-hybridized carbons (Fsp3) is 0.286. The average molecular weight is 263 g/mol. The van der Waals surface area contributed by atoms with E-state index in [2.05, 4.69) is 11.9 Å². The maximum atomic E-state index is 11.5. The van der Waals surface area contributed by atoms with Crippen LogP contribution in [-0.2, 0) is 4.79 Å². The van der Waals surface area contributed by atoms with Crippen molar-refractivity contribution in [2.24, 2.45) is 0 Å². The molecule has 1 unspecified atom stereocenters. The van der Waals surface area contributed by atoms with Crippen molar-refractivity contribution in [3.8, 4) is 5.75 Å². The monoisotopic (exact) mass is 263 g/mol. The molecule has 0 saturated carbocycles. The third-order valence-corrected chi connectivity index (χ3v) is 2.37. The number of carbonyl (C=O) groups excluding carboxylic acids is 2. The Labute approximate surface area is 111 Å². The lowest BCUT2D eigenvalue weighted by Crippen LogP contribution is -2.26. The lowest BCUT2D eigenvalue weighted by molar-refractivity contribution is -0.116. The van der Waals surface area contributed by atoms with Gasteiger partial charge in [-0.1, -0.05) is 6.58 Å². The van der Waals surface area contributed by atoms with Gasteiger partial charge in [-0.3, -0.25) is 9.59 Å². The van der Waals surface area contributed by atoms with Crippen LogP contribution in [0.4, 0.5) is 0 Å². The minimum Gasteiger partial charge on any atom is -0.492 e. The number of aliphatic hydroxyl groups is 1. The van der Waals surface area contributed by atoms with Crippen LogP contribution in [0.1, 0.15) is 17.3 Å². The first-order chi connectivity index (χ1) is 9.04. The molecule has 0 radical (unpaired) electrons. The Morgan fingerprint density at radius 2 is 2.05 bits per heavy atom. The van der Waals surface area contributed by atoms with Crippen LogP contribution in [0, 0.1) is 0 Å². The van der Waals surface area contributed by atoms with Crippen molar-refractivity contribution in [1.82, 2.24) is 5.32 Å². The normalized spacial score (nSPS) is 11.5. The number of amides is 1. The van der Waals surface area contributed by atoms with Crippen LogP contribution in [0.2, 0.25) is 0 Å². The molecule has 5 nitrogen and oxygen atoms in total. The molecule has 0 spiro atoms. The maximum Gasteiger partial charge on any atom is 0.243 e. The molecule has 2 N–H and O–H groups in total. The number of ether oxygens (including phenoxy) is 1. The van der Waals surface area contributed by atoms with Gasteiger partial charge in [0.1, 0.15) is 18.5 Å². The smallest absolute Gasteiger partial charge is 0.243 e. The number of hydrogen-bond acceptors (Lipinski definition) is 4. The molecule has 0 aliphatic carbocycles. The molecule has 1 rings (SSSR count). The van der Waals surface area contributed by atoms with Crippen LogP contribution in [-0.4, -0.2) is 36.1 Å². The highest BCUT2D eigenvalue weighted by Crippen LogP contribution is 2.13. The summed E-state index contributed by atoms with van der Waals surface area (Å²) in [6, 6.07) is 6.47. The van der Waals surface area contributed by atoms with Gasteiger partial charge in [0.2, 0.25) is 5.91 Å². The molecule has 0 fully saturated rings. The van der Waals surface area contributed by atoms with Gasteiger partial charge >= 0.3 is 0 Å². The van der Waals surface area contributed by atoms with Gasteiger partial charge in [0.15, 0.2) is 5.78 Å². The fourth-order valence-corrected chi connectivity index (χ4v) is 1.37. The van der Waals surface area contributed by atoms with E-state index in [9.17, 15) is 9.59 Å². The summed E-state index contributed by atoms with van der Waals surface area (Å²) in [5, 5.41) is 11.7. The van der Waals surface area contributed by atoms with Crippen LogP contribution in [0.15, 0.2) is 36.9 Å². The summed E-state index contributed by atoms with van der Waals surface area (Å²) in [4.78, 5) is 22.3. The molecule has 5 heteroatoms. The largest absolute Gasteiger partial charge is 0.492 e. The van der Waals surface area contributed by atoms with Crippen molar-refractivity contribution in [2.45, 2.75) is 13.0 Å². The van der Waals surface area contributed by atoms with Crippen LogP contribution >= 0.6 is 0 Å². The zero-order valence-electron chi connectivity index (χ0n) is 10.8. The van der Waals surface area contributed by atoms with Crippen LogP contribution in [0.25, 0.3) is 0 Å². The summed E-state index contributed by atoms with van der Waals surface area (Å²) in [5.74, 6) is 0.0151. The number of nitrogens with one attached hydrogen (secondary N) is 1. The second-order valence-corrected chi connectivity index (χ2v) is 3.91. The molecule has 0 aromatic heterocycles. The van der Waals surface area contributed by atoms with Crippen molar-refractivity contribution in [1.29, 1.82) is 0 Å². The van der Waals surface area contributed by atoms with E-state index in [0.717, 1.165) is 0 Å². The van der Waals surface area contributed by atoms with E-state index in [1.54, 1.807) is 24.3 Å². The van der Waals surface area contributed by atoms with Gasteiger partial charge in [-0.25, -0.2) is 0 Å². The summed E-state index contributed by atoms with van der Waals surface area (Å²) < 4.78 is 5.37. The van der Waals surface area contributed by atoms with E-state index < -0.39 is 6.10 Å². The van der Waals surface area contributed by atoms with Gasteiger partial charge in [0.05, 0.1) is 6.54 Å². The average Bonchev–Trinajstić information content (AvgIpc) is 2.43. The summed E-state index contributed by atoms with van der Waals surface area (Å²) in [6.45, 7) is 5.46. The van der Waals surface area contributed by atoms with Crippen LogP contribution in [0.3, 0.4) is 0 Å². The molecular weight excluding hydrogens is 246 g/mol. The highest BCUT2D eigenvalue weighted by Gasteiger charge is 2.11. The van der Waals surface area contributed by atoms with E-state index in [4.69, 9.17) is 9.84 Å². The Bertz CT molecular complexity index is 451. The topological polar surface area (TPSA) is 75.6 Å². The highest BCUT2D eigenvalue weighted by molar-refractivity contribution is 5.99. The molecule has 19 heavy (non-hydrogen) atoms. The molecule has 0 aliphatic heterocycles. The van der Waals surface area contributed by atoms with Gasteiger partial charge in [0.25, 0.3) is 0 Å². The zero-order chi connectivity index (χ0) is 14.3. The summed E-state index contributed by atoms with van der Waals surface area (Å²) in [5.41, 5.74) is 0.433. The number of benzene rings is 1. The Kier molecular flexibility index (Phi) is 5.75. The lowest BCUT2D eigenvalue weighted by atomic mass is 10.1. The van der Waals surface area contributed by atoms with E-state index in [1.165, 1.54) is 13.0 Å². The van der Waals surface area contributed by atoms with Gasteiger partial charge in [-0.05, 0) is 37.3 Å². The molecule has 1 amide bonds. The highest BCUT2D eigenvalue weighted by atomic mass is 16.5. The summed E-state index contributed by atoms with van der Waals surface area (Å²) in [6.07, 6.45) is 0.178. The molecule has 1 aromatic rings.